The number of carbonyl (C=O) groups excluding carboxylic acids is 1. The summed E-state index contributed by atoms with van der Waals surface area (Å²) in [5.74, 6) is 0.751. The Morgan fingerprint density at radius 2 is 1.90 bits per heavy atom. The topological polar surface area (TPSA) is 86.2 Å². The number of nitrogens with one attached hydrogen (secondary N) is 1. The van der Waals surface area contributed by atoms with Gasteiger partial charge in [0.25, 0.3) is 0 Å². The average Bonchev–Trinajstić information content (AvgIpc) is 2.72. The number of rotatable bonds is 8. The van der Waals surface area contributed by atoms with Crippen LogP contribution in [0, 0.1) is 6.92 Å². The molecule has 0 aliphatic heterocycles. The standard InChI is InChI=1S/C22H24N4O3/c1-4-29-21(27)6-5-18-13-16(7-9-23-18)17-11-15(2)12-19(14-17)25-22-24-10-8-20(26-22)28-3/h7-14H,4-6H2,1-3H3,(H,24,25,26). The number of anilines is 2. The van der Waals surface area contributed by atoms with Crippen molar-refractivity contribution in [3.05, 3.63) is 60.0 Å². The first-order valence-electron chi connectivity index (χ1n) is 9.44. The van der Waals surface area contributed by atoms with Crippen molar-refractivity contribution in [3.63, 3.8) is 0 Å². The molecule has 2 aromatic heterocycles. The first-order chi connectivity index (χ1) is 14.1. The second-order valence-electron chi connectivity index (χ2n) is 6.48. The van der Waals surface area contributed by atoms with E-state index in [1.165, 1.54) is 0 Å². The van der Waals surface area contributed by atoms with E-state index < -0.39 is 0 Å². The number of pyridine rings is 1. The number of carbonyl (C=O) groups is 1. The van der Waals surface area contributed by atoms with Crippen LogP contribution >= 0.6 is 0 Å². The van der Waals surface area contributed by atoms with Crippen LogP contribution in [0.2, 0.25) is 0 Å². The van der Waals surface area contributed by atoms with Gasteiger partial charge in [0, 0.05) is 36.3 Å². The van der Waals surface area contributed by atoms with Crippen LogP contribution in [0.3, 0.4) is 0 Å². The SMILES string of the molecule is CCOC(=O)CCc1cc(-c2cc(C)cc(Nc3nccc(OC)n3)c2)ccn1. The summed E-state index contributed by atoms with van der Waals surface area (Å²) in [7, 11) is 1.57. The molecule has 0 atom stereocenters. The van der Waals surface area contributed by atoms with Gasteiger partial charge in [0.2, 0.25) is 11.8 Å². The van der Waals surface area contributed by atoms with E-state index in [1.807, 2.05) is 31.2 Å². The molecule has 0 radical (unpaired) electrons. The number of hydrogen-bond acceptors (Lipinski definition) is 7. The first kappa shape index (κ1) is 20.3. The fraction of sp³-hybridized carbons (Fsp3) is 0.273. The van der Waals surface area contributed by atoms with Gasteiger partial charge in [-0.3, -0.25) is 9.78 Å². The molecule has 0 fully saturated rings. The zero-order chi connectivity index (χ0) is 20.6. The van der Waals surface area contributed by atoms with Crippen LogP contribution in [0.1, 0.15) is 24.6 Å². The van der Waals surface area contributed by atoms with Gasteiger partial charge in [-0.2, -0.15) is 4.98 Å². The predicted molar refractivity (Wildman–Crippen MR) is 111 cm³/mol. The Bertz CT molecular complexity index is 991. The van der Waals surface area contributed by atoms with Gasteiger partial charge in [-0.05, 0) is 54.8 Å². The highest BCUT2D eigenvalue weighted by Crippen LogP contribution is 2.26. The van der Waals surface area contributed by atoms with E-state index in [-0.39, 0.29) is 5.97 Å². The van der Waals surface area contributed by atoms with E-state index in [1.54, 1.807) is 32.5 Å². The van der Waals surface area contributed by atoms with Gasteiger partial charge in [0.1, 0.15) is 0 Å². The van der Waals surface area contributed by atoms with Crippen LogP contribution in [-0.4, -0.2) is 34.6 Å². The van der Waals surface area contributed by atoms with E-state index in [9.17, 15) is 4.79 Å². The molecular weight excluding hydrogens is 368 g/mol. The van der Waals surface area contributed by atoms with E-state index in [4.69, 9.17) is 9.47 Å². The lowest BCUT2D eigenvalue weighted by molar-refractivity contribution is -0.143. The summed E-state index contributed by atoms with van der Waals surface area (Å²) in [4.78, 5) is 24.5. The number of esters is 1. The summed E-state index contributed by atoms with van der Waals surface area (Å²) in [6, 6.07) is 11.8. The zero-order valence-electron chi connectivity index (χ0n) is 16.8. The van der Waals surface area contributed by atoms with Gasteiger partial charge in [0.15, 0.2) is 0 Å². The van der Waals surface area contributed by atoms with Gasteiger partial charge in [-0.15, -0.1) is 0 Å². The van der Waals surface area contributed by atoms with Crippen LogP contribution in [-0.2, 0) is 16.0 Å². The van der Waals surface area contributed by atoms with Crippen LogP contribution in [0.15, 0.2) is 48.8 Å². The van der Waals surface area contributed by atoms with Gasteiger partial charge in [0.05, 0.1) is 20.1 Å². The van der Waals surface area contributed by atoms with Gasteiger partial charge in [-0.1, -0.05) is 6.07 Å². The van der Waals surface area contributed by atoms with Crippen molar-refractivity contribution in [2.24, 2.45) is 0 Å². The molecule has 0 spiro atoms. The van der Waals surface area contributed by atoms with Crippen molar-refractivity contribution in [2.45, 2.75) is 26.7 Å². The Kier molecular flexibility index (Phi) is 6.73. The monoisotopic (exact) mass is 392 g/mol. The Hall–Kier alpha value is -3.48. The third kappa shape index (κ3) is 5.75. The Labute approximate surface area is 170 Å². The van der Waals surface area contributed by atoms with E-state index in [0.717, 1.165) is 28.1 Å². The van der Waals surface area contributed by atoms with Crippen molar-refractivity contribution in [1.29, 1.82) is 0 Å². The minimum absolute atomic E-state index is 0.208. The van der Waals surface area contributed by atoms with Gasteiger partial charge in [-0.25, -0.2) is 4.98 Å². The molecule has 0 aliphatic carbocycles. The minimum atomic E-state index is -0.208. The quantitative estimate of drug-likeness (QED) is 0.578. The first-order valence-corrected chi connectivity index (χ1v) is 9.44. The van der Waals surface area contributed by atoms with Crippen molar-refractivity contribution in [2.75, 3.05) is 19.0 Å². The number of methoxy groups -OCH3 is 1. The molecule has 0 saturated carbocycles. The minimum Gasteiger partial charge on any atom is -0.481 e. The van der Waals surface area contributed by atoms with Crippen LogP contribution in [0.4, 0.5) is 11.6 Å². The average molecular weight is 392 g/mol. The molecule has 1 aromatic carbocycles. The molecule has 2 heterocycles. The van der Waals surface area contributed by atoms with Crippen molar-refractivity contribution < 1.29 is 14.3 Å². The molecule has 29 heavy (non-hydrogen) atoms. The molecule has 3 aromatic rings. The van der Waals surface area contributed by atoms with Gasteiger partial charge >= 0.3 is 5.97 Å². The predicted octanol–water partition coefficient (Wildman–Crippen LogP) is 4.09. The Morgan fingerprint density at radius 3 is 2.69 bits per heavy atom. The molecule has 1 N–H and O–H groups in total. The van der Waals surface area contributed by atoms with E-state index in [2.05, 4.69) is 26.3 Å². The number of nitrogens with zero attached hydrogens (tertiary/aromatic N) is 3. The largest absolute Gasteiger partial charge is 0.481 e. The summed E-state index contributed by atoms with van der Waals surface area (Å²) < 4.78 is 10.1. The molecule has 0 amide bonds. The second-order valence-corrected chi connectivity index (χ2v) is 6.48. The smallest absolute Gasteiger partial charge is 0.306 e. The second kappa shape index (κ2) is 9.64. The molecule has 0 bridgehead atoms. The van der Waals surface area contributed by atoms with Crippen LogP contribution in [0.25, 0.3) is 11.1 Å². The number of hydrogen-bond donors (Lipinski definition) is 1. The zero-order valence-corrected chi connectivity index (χ0v) is 16.8. The molecular formula is C22H24N4O3. The summed E-state index contributed by atoms with van der Waals surface area (Å²) in [5, 5.41) is 3.22. The summed E-state index contributed by atoms with van der Waals surface area (Å²) in [6.45, 7) is 4.23. The summed E-state index contributed by atoms with van der Waals surface area (Å²) in [5.41, 5.74) is 4.88. The molecule has 3 rings (SSSR count). The number of aromatic nitrogens is 3. The van der Waals surface area contributed by atoms with Gasteiger partial charge < -0.3 is 14.8 Å². The maximum atomic E-state index is 11.6. The third-order valence-electron chi connectivity index (χ3n) is 4.21. The molecule has 0 unspecified atom stereocenters. The van der Waals surface area contributed by atoms with Crippen LogP contribution < -0.4 is 10.1 Å². The van der Waals surface area contributed by atoms with Crippen molar-refractivity contribution in [1.82, 2.24) is 15.0 Å². The maximum absolute atomic E-state index is 11.6. The maximum Gasteiger partial charge on any atom is 0.306 e. The molecule has 7 nitrogen and oxygen atoms in total. The lowest BCUT2D eigenvalue weighted by Crippen LogP contribution is -2.05. The Morgan fingerprint density at radius 1 is 1.07 bits per heavy atom. The number of aryl methyl sites for hydroxylation is 2. The summed E-state index contributed by atoms with van der Waals surface area (Å²) >= 11 is 0. The fourth-order valence-corrected chi connectivity index (χ4v) is 2.92. The molecule has 0 saturated heterocycles. The lowest BCUT2D eigenvalue weighted by Gasteiger charge is -2.11. The lowest BCUT2D eigenvalue weighted by atomic mass is 10.0. The molecule has 7 heteroatoms. The molecule has 150 valence electrons. The highest BCUT2D eigenvalue weighted by atomic mass is 16.5. The van der Waals surface area contributed by atoms with E-state index >= 15 is 0 Å². The normalized spacial score (nSPS) is 10.4. The molecule has 0 aliphatic rings. The number of benzene rings is 1. The fourth-order valence-electron chi connectivity index (χ4n) is 2.92. The van der Waals surface area contributed by atoms with Crippen LogP contribution in [0.5, 0.6) is 5.88 Å². The Balaban J connectivity index is 1.80. The van der Waals surface area contributed by atoms with E-state index in [0.29, 0.717) is 31.3 Å². The van der Waals surface area contributed by atoms with Crippen molar-refractivity contribution in [3.8, 4) is 17.0 Å². The third-order valence-corrected chi connectivity index (χ3v) is 4.21. The van der Waals surface area contributed by atoms with Crippen molar-refractivity contribution >= 4 is 17.6 Å². The number of ether oxygens (including phenoxy) is 2. The highest BCUT2D eigenvalue weighted by Gasteiger charge is 2.08. The summed E-state index contributed by atoms with van der Waals surface area (Å²) in [6.07, 6.45) is 4.26. The highest BCUT2D eigenvalue weighted by molar-refractivity contribution is 5.72.